The number of benzene rings is 1. The summed E-state index contributed by atoms with van der Waals surface area (Å²) in [6.07, 6.45) is 4.31. The molecule has 2 heterocycles. The number of likely N-dealkylation sites (N-methyl/N-ethyl adjacent to an activating group) is 1. The Hall–Kier alpha value is -2.08. The number of ether oxygens (including phenoxy) is 1. The normalized spacial score (nSPS) is 20.8. The molecule has 2 amide bonds. The van der Waals surface area contributed by atoms with E-state index >= 15 is 0 Å². The number of carbonyl (C=O) groups is 2. The van der Waals surface area contributed by atoms with Crippen molar-refractivity contribution in [2.45, 2.75) is 38.1 Å². The number of hydrogen-bond acceptors (Lipinski definition) is 4. The first-order chi connectivity index (χ1) is 11.6. The minimum Gasteiger partial charge on any atom is -0.492 e. The highest BCUT2D eigenvalue weighted by Gasteiger charge is 2.24. The maximum absolute atomic E-state index is 12.0. The zero-order valence-corrected chi connectivity index (χ0v) is 14.1. The van der Waals surface area contributed by atoms with E-state index < -0.39 is 0 Å². The summed E-state index contributed by atoms with van der Waals surface area (Å²) in [5.41, 5.74) is 1.99. The van der Waals surface area contributed by atoms with E-state index in [9.17, 15) is 9.59 Å². The first-order valence-corrected chi connectivity index (χ1v) is 8.67. The van der Waals surface area contributed by atoms with Gasteiger partial charge in [0.2, 0.25) is 11.8 Å². The summed E-state index contributed by atoms with van der Waals surface area (Å²) >= 11 is 0. The highest BCUT2D eigenvalue weighted by Crippen LogP contribution is 2.26. The molecule has 0 saturated carbocycles. The van der Waals surface area contributed by atoms with Crippen LogP contribution in [0.4, 0.5) is 5.69 Å². The van der Waals surface area contributed by atoms with Crippen LogP contribution < -0.4 is 15.4 Å². The van der Waals surface area contributed by atoms with Gasteiger partial charge in [-0.2, -0.15) is 0 Å². The molecule has 2 aliphatic rings. The van der Waals surface area contributed by atoms with Crippen LogP contribution in [0.3, 0.4) is 0 Å². The lowest BCUT2D eigenvalue weighted by molar-refractivity contribution is -0.125. The van der Waals surface area contributed by atoms with E-state index in [4.69, 9.17) is 4.74 Å². The number of nitrogens with zero attached hydrogens (tertiary/aromatic N) is 1. The number of amides is 2. The van der Waals surface area contributed by atoms with Gasteiger partial charge in [0.15, 0.2) is 0 Å². The monoisotopic (exact) mass is 331 g/mol. The van der Waals surface area contributed by atoms with Crippen LogP contribution in [-0.4, -0.2) is 49.5 Å². The number of hydrogen-bond donors (Lipinski definition) is 2. The predicted molar refractivity (Wildman–Crippen MR) is 92.2 cm³/mol. The number of nitrogens with one attached hydrogen (secondary N) is 2. The van der Waals surface area contributed by atoms with Gasteiger partial charge in [-0.25, -0.2) is 0 Å². The minimum absolute atomic E-state index is 0.0603. The molecule has 2 aliphatic heterocycles. The first-order valence-electron chi connectivity index (χ1n) is 8.67. The van der Waals surface area contributed by atoms with E-state index in [0.717, 1.165) is 49.2 Å². The summed E-state index contributed by atoms with van der Waals surface area (Å²) < 4.78 is 5.84. The summed E-state index contributed by atoms with van der Waals surface area (Å²) in [7, 11) is 1.97. The van der Waals surface area contributed by atoms with E-state index in [1.54, 1.807) is 0 Å². The van der Waals surface area contributed by atoms with Crippen molar-refractivity contribution < 1.29 is 14.3 Å². The van der Waals surface area contributed by atoms with E-state index in [0.29, 0.717) is 19.6 Å². The van der Waals surface area contributed by atoms with Crippen LogP contribution in [0.15, 0.2) is 18.2 Å². The molecule has 6 nitrogen and oxygen atoms in total. The van der Waals surface area contributed by atoms with Gasteiger partial charge >= 0.3 is 0 Å². The van der Waals surface area contributed by atoms with E-state index in [1.165, 1.54) is 0 Å². The van der Waals surface area contributed by atoms with Crippen LogP contribution in [0.1, 0.15) is 31.2 Å². The summed E-state index contributed by atoms with van der Waals surface area (Å²) in [4.78, 5) is 25.5. The second-order valence-corrected chi connectivity index (χ2v) is 6.50. The molecule has 1 saturated heterocycles. The average molecular weight is 331 g/mol. The molecular formula is C18H25N3O3. The quantitative estimate of drug-likeness (QED) is 0.859. The third-order valence-electron chi connectivity index (χ3n) is 4.72. The lowest BCUT2D eigenvalue weighted by Crippen LogP contribution is -2.45. The van der Waals surface area contributed by atoms with Gasteiger partial charge in [-0.15, -0.1) is 0 Å². The topological polar surface area (TPSA) is 70.7 Å². The first kappa shape index (κ1) is 16.8. The predicted octanol–water partition coefficient (Wildman–Crippen LogP) is 1.55. The van der Waals surface area contributed by atoms with Crippen molar-refractivity contribution in [2.75, 3.05) is 32.1 Å². The fourth-order valence-electron chi connectivity index (χ4n) is 3.26. The molecule has 1 aromatic rings. The maximum atomic E-state index is 12.0. The Balaban J connectivity index is 1.51. The molecule has 0 radical (unpaired) electrons. The smallest absolute Gasteiger partial charge is 0.237 e. The highest BCUT2D eigenvalue weighted by molar-refractivity contribution is 5.94. The maximum Gasteiger partial charge on any atom is 0.237 e. The minimum atomic E-state index is -0.0603. The largest absolute Gasteiger partial charge is 0.492 e. The number of aryl methyl sites for hydroxylation is 1. The highest BCUT2D eigenvalue weighted by atomic mass is 16.5. The molecule has 0 aliphatic carbocycles. The van der Waals surface area contributed by atoms with Crippen molar-refractivity contribution in [1.29, 1.82) is 0 Å². The summed E-state index contributed by atoms with van der Waals surface area (Å²) in [6, 6.07) is 5.70. The van der Waals surface area contributed by atoms with Gasteiger partial charge in [0.05, 0.1) is 6.04 Å². The third kappa shape index (κ3) is 4.06. The Morgan fingerprint density at radius 1 is 1.25 bits per heavy atom. The van der Waals surface area contributed by atoms with Crippen LogP contribution in [0, 0.1) is 0 Å². The number of carbonyl (C=O) groups excluding carboxylic acids is 2. The lowest BCUT2D eigenvalue weighted by Gasteiger charge is -2.25. The van der Waals surface area contributed by atoms with Gasteiger partial charge < -0.3 is 15.4 Å². The Bertz CT molecular complexity index is 618. The van der Waals surface area contributed by atoms with E-state index in [2.05, 4.69) is 15.5 Å². The van der Waals surface area contributed by atoms with Crippen molar-refractivity contribution in [3.63, 3.8) is 0 Å². The third-order valence-corrected chi connectivity index (χ3v) is 4.72. The van der Waals surface area contributed by atoms with Crippen molar-refractivity contribution in [3.05, 3.63) is 23.8 Å². The van der Waals surface area contributed by atoms with Crippen molar-refractivity contribution in [1.82, 2.24) is 10.2 Å². The second kappa shape index (κ2) is 7.66. The fraction of sp³-hybridized carbons (Fsp3) is 0.556. The zero-order valence-electron chi connectivity index (χ0n) is 14.1. The van der Waals surface area contributed by atoms with E-state index in [-0.39, 0.29) is 17.9 Å². The number of fused-ring (bicyclic) bond motifs is 1. The number of rotatable bonds is 5. The number of anilines is 1. The van der Waals surface area contributed by atoms with Crippen molar-refractivity contribution in [3.8, 4) is 5.75 Å². The molecule has 0 bridgehead atoms. The molecule has 1 unspecified atom stereocenters. The molecule has 6 heteroatoms. The van der Waals surface area contributed by atoms with Gasteiger partial charge in [-0.1, -0.05) is 0 Å². The second-order valence-electron chi connectivity index (χ2n) is 6.50. The molecule has 2 N–H and O–H groups in total. The molecule has 1 fully saturated rings. The molecule has 1 aromatic carbocycles. The molecule has 24 heavy (non-hydrogen) atoms. The molecular weight excluding hydrogens is 306 g/mol. The zero-order chi connectivity index (χ0) is 16.9. The fourth-order valence-corrected chi connectivity index (χ4v) is 3.26. The Morgan fingerprint density at radius 3 is 3.00 bits per heavy atom. The van der Waals surface area contributed by atoms with Gasteiger partial charge in [-0.3, -0.25) is 14.5 Å². The average Bonchev–Trinajstić information content (AvgIpc) is 2.79. The molecule has 1 atom stereocenters. The summed E-state index contributed by atoms with van der Waals surface area (Å²) in [5.74, 6) is 1.00. The van der Waals surface area contributed by atoms with Gasteiger partial charge in [0, 0.05) is 25.2 Å². The van der Waals surface area contributed by atoms with Gasteiger partial charge in [0.25, 0.3) is 0 Å². The van der Waals surface area contributed by atoms with Crippen molar-refractivity contribution >= 4 is 17.5 Å². The van der Waals surface area contributed by atoms with Crippen LogP contribution >= 0.6 is 0 Å². The molecule has 3 rings (SSSR count). The van der Waals surface area contributed by atoms with Gasteiger partial charge in [-0.05, 0) is 56.5 Å². The van der Waals surface area contributed by atoms with E-state index in [1.807, 2.05) is 25.2 Å². The standard InChI is InChI=1S/C18H25N3O3/c1-21(16-4-2-3-9-19-18(16)23)10-11-24-14-6-7-15-13(12-14)5-8-17(22)20-15/h6-7,12,16H,2-5,8-11H2,1H3,(H,19,23)(H,20,22). The van der Waals surface area contributed by atoms with Crippen molar-refractivity contribution in [2.24, 2.45) is 0 Å². The Kier molecular flexibility index (Phi) is 5.35. The van der Waals surface area contributed by atoms with Crippen LogP contribution in [0.5, 0.6) is 5.75 Å². The summed E-state index contributed by atoms with van der Waals surface area (Å²) in [6.45, 7) is 2.02. The molecule has 130 valence electrons. The van der Waals surface area contributed by atoms with Crippen LogP contribution in [-0.2, 0) is 16.0 Å². The Morgan fingerprint density at radius 2 is 2.12 bits per heavy atom. The Labute approximate surface area is 142 Å². The van der Waals surface area contributed by atoms with Crippen LogP contribution in [0.2, 0.25) is 0 Å². The summed E-state index contributed by atoms with van der Waals surface area (Å²) in [5, 5.41) is 5.83. The SMILES string of the molecule is CN(CCOc1ccc2c(c1)CCC(=O)N2)C1CCCCNC1=O. The van der Waals surface area contributed by atoms with Gasteiger partial charge in [0.1, 0.15) is 12.4 Å². The lowest BCUT2D eigenvalue weighted by atomic mass is 10.0. The van der Waals surface area contributed by atoms with Crippen LogP contribution in [0.25, 0.3) is 0 Å². The molecule has 0 aromatic heterocycles. The molecule has 0 spiro atoms.